The van der Waals surface area contributed by atoms with Crippen LogP contribution in [0.2, 0.25) is 0 Å². The van der Waals surface area contributed by atoms with Gasteiger partial charge in [-0.05, 0) is 43.4 Å². The topological polar surface area (TPSA) is 49.8 Å². The van der Waals surface area contributed by atoms with Crippen molar-refractivity contribution < 1.29 is 14.6 Å². The molecule has 2 rings (SSSR count). The zero-order valence-corrected chi connectivity index (χ0v) is 13.1. The van der Waals surface area contributed by atoms with Gasteiger partial charge in [-0.3, -0.25) is 4.79 Å². The number of β-amino-alcohol motifs (C(OH)–C–C–N with tert-alkyl or cyclic N) is 1. The number of carbonyl (C=O) groups is 1. The molecule has 0 radical (unpaired) electrons. The van der Waals surface area contributed by atoms with Gasteiger partial charge < -0.3 is 14.7 Å². The van der Waals surface area contributed by atoms with Gasteiger partial charge in [0.15, 0.2) is 6.61 Å². The van der Waals surface area contributed by atoms with Crippen LogP contribution in [0.25, 0.3) is 0 Å². The molecule has 0 spiro atoms. The predicted octanol–water partition coefficient (Wildman–Crippen LogP) is 2.56. The molecule has 4 heteroatoms. The highest BCUT2D eigenvalue weighted by Gasteiger charge is 2.30. The Morgan fingerprint density at radius 2 is 2.24 bits per heavy atom. The van der Waals surface area contributed by atoms with E-state index in [2.05, 4.69) is 19.9 Å². The Morgan fingerprint density at radius 1 is 1.48 bits per heavy atom. The molecule has 1 fully saturated rings. The standard InChI is InChI=1S/C17H25NO3/c1-13(2)14-6-4-7-15(10-14)21-11-16(19)18-9-5-8-17(3,20)12-18/h4,6-7,10,13,20H,5,8-9,11-12H2,1-3H3. The van der Waals surface area contributed by atoms with Crippen LogP contribution in [0.4, 0.5) is 0 Å². The van der Waals surface area contributed by atoms with Crippen LogP contribution in [-0.4, -0.2) is 41.2 Å². The first-order valence-electron chi connectivity index (χ1n) is 7.60. The molecule has 1 aliphatic rings. The van der Waals surface area contributed by atoms with Gasteiger partial charge in [-0.2, -0.15) is 0 Å². The SMILES string of the molecule is CC(C)c1cccc(OCC(=O)N2CCCC(C)(O)C2)c1. The number of aliphatic hydroxyl groups is 1. The summed E-state index contributed by atoms with van der Waals surface area (Å²) in [6.07, 6.45) is 1.58. The first-order chi connectivity index (χ1) is 9.87. The molecule has 0 saturated carbocycles. The molecule has 4 nitrogen and oxygen atoms in total. The Kier molecular flexibility index (Phi) is 4.88. The number of rotatable bonds is 4. The van der Waals surface area contributed by atoms with Gasteiger partial charge in [-0.25, -0.2) is 0 Å². The maximum atomic E-state index is 12.2. The second kappa shape index (κ2) is 6.48. The highest BCUT2D eigenvalue weighted by atomic mass is 16.5. The van der Waals surface area contributed by atoms with E-state index >= 15 is 0 Å². The van der Waals surface area contributed by atoms with Crippen molar-refractivity contribution in [3.63, 3.8) is 0 Å². The molecule has 1 aliphatic heterocycles. The summed E-state index contributed by atoms with van der Waals surface area (Å²) >= 11 is 0. The lowest BCUT2D eigenvalue weighted by molar-refractivity contribution is -0.139. The average molecular weight is 291 g/mol. The lowest BCUT2D eigenvalue weighted by atomic mass is 9.95. The van der Waals surface area contributed by atoms with E-state index in [1.54, 1.807) is 11.8 Å². The number of piperidine rings is 1. The molecule has 1 aromatic rings. The predicted molar refractivity (Wildman–Crippen MR) is 82.5 cm³/mol. The van der Waals surface area contributed by atoms with Crippen LogP contribution in [-0.2, 0) is 4.79 Å². The zero-order valence-electron chi connectivity index (χ0n) is 13.1. The quantitative estimate of drug-likeness (QED) is 0.927. The minimum atomic E-state index is -0.772. The summed E-state index contributed by atoms with van der Waals surface area (Å²) in [7, 11) is 0. The van der Waals surface area contributed by atoms with Crippen molar-refractivity contribution in [2.45, 2.75) is 45.1 Å². The summed E-state index contributed by atoms with van der Waals surface area (Å²) < 4.78 is 5.61. The zero-order chi connectivity index (χ0) is 15.5. The van der Waals surface area contributed by atoms with Crippen LogP contribution in [0.3, 0.4) is 0 Å². The molecule has 1 N–H and O–H groups in total. The van der Waals surface area contributed by atoms with Gasteiger partial charge in [0.05, 0.1) is 5.60 Å². The van der Waals surface area contributed by atoms with Gasteiger partial charge in [0.2, 0.25) is 0 Å². The van der Waals surface area contributed by atoms with Gasteiger partial charge in [-0.1, -0.05) is 26.0 Å². The molecule has 21 heavy (non-hydrogen) atoms. The van der Waals surface area contributed by atoms with Crippen LogP contribution in [0.1, 0.15) is 45.1 Å². The van der Waals surface area contributed by atoms with E-state index in [4.69, 9.17) is 4.74 Å². The molecule has 1 unspecified atom stereocenters. The summed E-state index contributed by atoms with van der Waals surface area (Å²) in [6, 6.07) is 7.85. The molecule has 1 atom stereocenters. The van der Waals surface area contributed by atoms with Crippen molar-refractivity contribution in [2.75, 3.05) is 19.7 Å². The summed E-state index contributed by atoms with van der Waals surface area (Å²) in [5.74, 6) is 1.09. The maximum Gasteiger partial charge on any atom is 0.260 e. The van der Waals surface area contributed by atoms with E-state index in [0.29, 0.717) is 19.0 Å². The van der Waals surface area contributed by atoms with Crippen molar-refractivity contribution in [3.05, 3.63) is 29.8 Å². The van der Waals surface area contributed by atoms with E-state index in [1.165, 1.54) is 5.56 Å². The lowest BCUT2D eigenvalue weighted by Gasteiger charge is -2.36. The summed E-state index contributed by atoms with van der Waals surface area (Å²) in [6.45, 7) is 7.14. The number of likely N-dealkylation sites (tertiary alicyclic amines) is 1. The average Bonchev–Trinajstić information content (AvgIpc) is 2.44. The van der Waals surface area contributed by atoms with E-state index in [0.717, 1.165) is 18.6 Å². The van der Waals surface area contributed by atoms with Crippen LogP contribution >= 0.6 is 0 Å². The van der Waals surface area contributed by atoms with Crippen molar-refractivity contribution in [3.8, 4) is 5.75 Å². The van der Waals surface area contributed by atoms with Gasteiger partial charge in [0, 0.05) is 13.1 Å². The first-order valence-corrected chi connectivity index (χ1v) is 7.60. The van der Waals surface area contributed by atoms with E-state index in [9.17, 15) is 9.90 Å². The van der Waals surface area contributed by atoms with E-state index < -0.39 is 5.60 Å². The number of amides is 1. The molecule has 0 aliphatic carbocycles. The van der Waals surface area contributed by atoms with Crippen LogP contribution < -0.4 is 4.74 Å². The smallest absolute Gasteiger partial charge is 0.260 e. The minimum absolute atomic E-state index is 0.0254. The third-order valence-corrected chi connectivity index (χ3v) is 3.91. The van der Waals surface area contributed by atoms with Gasteiger partial charge in [0.1, 0.15) is 5.75 Å². The lowest BCUT2D eigenvalue weighted by Crippen LogP contribution is -2.49. The third-order valence-electron chi connectivity index (χ3n) is 3.91. The van der Waals surface area contributed by atoms with E-state index in [-0.39, 0.29) is 12.5 Å². The molecule has 0 bridgehead atoms. The Hall–Kier alpha value is -1.55. The largest absolute Gasteiger partial charge is 0.484 e. The van der Waals surface area contributed by atoms with Crippen LogP contribution in [0.5, 0.6) is 5.75 Å². The number of hydrogen-bond donors (Lipinski definition) is 1. The molecule has 1 amide bonds. The fourth-order valence-corrected chi connectivity index (χ4v) is 2.63. The maximum absolute atomic E-state index is 12.2. The Morgan fingerprint density at radius 3 is 2.90 bits per heavy atom. The number of carbonyl (C=O) groups excluding carboxylic acids is 1. The first kappa shape index (κ1) is 15.8. The number of nitrogens with zero attached hydrogens (tertiary/aromatic N) is 1. The number of hydrogen-bond acceptors (Lipinski definition) is 3. The van der Waals surface area contributed by atoms with Crippen molar-refractivity contribution in [2.24, 2.45) is 0 Å². The molecule has 1 heterocycles. The van der Waals surface area contributed by atoms with Gasteiger partial charge in [-0.15, -0.1) is 0 Å². The minimum Gasteiger partial charge on any atom is -0.484 e. The third kappa shape index (κ3) is 4.46. The summed E-state index contributed by atoms with van der Waals surface area (Å²) in [4.78, 5) is 13.9. The van der Waals surface area contributed by atoms with Gasteiger partial charge in [0.25, 0.3) is 5.91 Å². The highest BCUT2D eigenvalue weighted by molar-refractivity contribution is 5.78. The van der Waals surface area contributed by atoms with Crippen molar-refractivity contribution in [1.82, 2.24) is 4.90 Å². The number of benzene rings is 1. The molecule has 1 saturated heterocycles. The normalized spacial score (nSPS) is 22.4. The second-order valence-corrected chi connectivity index (χ2v) is 6.43. The van der Waals surface area contributed by atoms with E-state index in [1.807, 2.05) is 18.2 Å². The molecular weight excluding hydrogens is 266 g/mol. The second-order valence-electron chi connectivity index (χ2n) is 6.43. The highest BCUT2D eigenvalue weighted by Crippen LogP contribution is 2.22. The fraction of sp³-hybridized carbons (Fsp3) is 0.588. The molecular formula is C17H25NO3. The Bertz CT molecular complexity index is 497. The fourth-order valence-electron chi connectivity index (χ4n) is 2.63. The Balaban J connectivity index is 1.90. The summed E-state index contributed by atoms with van der Waals surface area (Å²) in [5.41, 5.74) is 0.423. The van der Waals surface area contributed by atoms with Crippen LogP contribution in [0, 0.1) is 0 Å². The monoisotopic (exact) mass is 291 g/mol. The van der Waals surface area contributed by atoms with Crippen LogP contribution in [0.15, 0.2) is 24.3 Å². The molecule has 116 valence electrons. The van der Waals surface area contributed by atoms with Gasteiger partial charge >= 0.3 is 0 Å². The van der Waals surface area contributed by atoms with Crippen molar-refractivity contribution >= 4 is 5.91 Å². The molecule has 0 aromatic heterocycles. The summed E-state index contributed by atoms with van der Waals surface area (Å²) in [5, 5.41) is 10.0. The number of ether oxygens (including phenoxy) is 1. The van der Waals surface area contributed by atoms with Crippen molar-refractivity contribution in [1.29, 1.82) is 0 Å². The molecule has 1 aromatic carbocycles. The Labute approximate surface area is 126 Å².